The molecule has 2 N–H and O–H groups in total. The molecular formula is C16H24N2OS. The van der Waals surface area contributed by atoms with E-state index in [0.29, 0.717) is 0 Å². The zero-order valence-corrected chi connectivity index (χ0v) is 13.4. The lowest BCUT2D eigenvalue weighted by molar-refractivity contribution is 0.0950. The van der Waals surface area contributed by atoms with E-state index in [1.54, 1.807) is 0 Å². The molecule has 1 atom stereocenters. The highest BCUT2D eigenvalue weighted by atomic mass is 32.2. The summed E-state index contributed by atoms with van der Waals surface area (Å²) in [5.41, 5.74) is 2.77. The fourth-order valence-corrected chi connectivity index (χ4v) is 3.77. The van der Waals surface area contributed by atoms with E-state index in [1.165, 1.54) is 18.6 Å². The molecule has 1 fully saturated rings. The van der Waals surface area contributed by atoms with E-state index in [2.05, 4.69) is 17.6 Å². The molecule has 20 heavy (non-hydrogen) atoms. The Morgan fingerprint density at radius 2 is 2.25 bits per heavy atom. The van der Waals surface area contributed by atoms with Gasteiger partial charge in [0.15, 0.2) is 0 Å². The first-order valence-electron chi connectivity index (χ1n) is 7.31. The number of amides is 1. The van der Waals surface area contributed by atoms with Crippen molar-refractivity contribution >= 4 is 23.4 Å². The molecule has 1 aliphatic heterocycles. The molecule has 0 aliphatic carbocycles. The summed E-state index contributed by atoms with van der Waals surface area (Å²) >= 11 is 1.97. The van der Waals surface area contributed by atoms with Gasteiger partial charge in [-0.25, -0.2) is 0 Å². The Balaban J connectivity index is 2.06. The minimum atomic E-state index is 0.0263. The van der Waals surface area contributed by atoms with Crippen molar-refractivity contribution < 1.29 is 4.79 Å². The van der Waals surface area contributed by atoms with Crippen LogP contribution in [0.2, 0.25) is 0 Å². The SMILES string of the molecule is CCNc1ccc(C)cc1C(=O)NCC1(C)CCCS1. The highest BCUT2D eigenvalue weighted by Crippen LogP contribution is 2.37. The van der Waals surface area contributed by atoms with E-state index in [0.717, 1.165) is 29.9 Å². The monoisotopic (exact) mass is 292 g/mol. The minimum Gasteiger partial charge on any atom is -0.385 e. The molecule has 1 aliphatic rings. The van der Waals surface area contributed by atoms with Crippen molar-refractivity contribution in [2.24, 2.45) is 0 Å². The van der Waals surface area contributed by atoms with Crippen molar-refractivity contribution in [1.82, 2.24) is 5.32 Å². The minimum absolute atomic E-state index is 0.0263. The summed E-state index contributed by atoms with van der Waals surface area (Å²) in [6, 6.07) is 5.97. The van der Waals surface area contributed by atoms with Gasteiger partial charge < -0.3 is 10.6 Å². The molecule has 0 radical (unpaired) electrons. The van der Waals surface area contributed by atoms with Gasteiger partial charge in [0.2, 0.25) is 0 Å². The molecule has 1 amide bonds. The number of anilines is 1. The fraction of sp³-hybridized carbons (Fsp3) is 0.562. The van der Waals surface area contributed by atoms with Crippen LogP contribution in [-0.4, -0.2) is 29.5 Å². The maximum Gasteiger partial charge on any atom is 0.253 e. The molecule has 4 heteroatoms. The Kier molecular flexibility index (Phi) is 4.97. The molecule has 1 unspecified atom stereocenters. The third kappa shape index (κ3) is 3.69. The third-order valence-electron chi connectivity index (χ3n) is 3.71. The van der Waals surface area contributed by atoms with E-state index in [9.17, 15) is 4.79 Å². The van der Waals surface area contributed by atoms with Crippen LogP contribution >= 0.6 is 11.8 Å². The molecule has 3 nitrogen and oxygen atoms in total. The van der Waals surface area contributed by atoms with Crippen LogP contribution in [0.15, 0.2) is 18.2 Å². The average Bonchev–Trinajstić information content (AvgIpc) is 2.86. The van der Waals surface area contributed by atoms with Crippen LogP contribution < -0.4 is 10.6 Å². The van der Waals surface area contributed by atoms with E-state index >= 15 is 0 Å². The van der Waals surface area contributed by atoms with Crippen LogP contribution in [0.5, 0.6) is 0 Å². The van der Waals surface area contributed by atoms with Crippen LogP contribution in [0.1, 0.15) is 42.6 Å². The van der Waals surface area contributed by atoms with Gasteiger partial charge in [-0.1, -0.05) is 11.6 Å². The number of carbonyl (C=O) groups is 1. The maximum absolute atomic E-state index is 12.4. The molecule has 1 aromatic carbocycles. The normalized spacial score (nSPS) is 21.8. The Hall–Kier alpha value is -1.16. The summed E-state index contributed by atoms with van der Waals surface area (Å²) in [5.74, 6) is 1.23. The molecule has 0 saturated carbocycles. The summed E-state index contributed by atoms with van der Waals surface area (Å²) in [4.78, 5) is 12.4. The first-order valence-corrected chi connectivity index (χ1v) is 8.29. The van der Waals surface area contributed by atoms with E-state index in [-0.39, 0.29) is 10.7 Å². The molecule has 1 saturated heterocycles. The number of thioether (sulfide) groups is 1. The number of carbonyl (C=O) groups excluding carboxylic acids is 1. The summed E-state index contributed by atoms with van der Waals surface area (Å²) in [7, 11) is 0. The lowest BCUT2D eigenvalue weighted by Gasteiger charge is -2.23. The number of hydrogen-bond acceptors (Lipinski definition) is 3. The first kappa shape index (κ1) is 15.2. The molecule has 0 bridgehead atoms. The lowest BCUT2D eigenvalue weighted by atomic mass is 10.0. The second-order valence-corrected chi connectivity index (χ2v) is 7.35. The van der Waals surface area contributed by atoms with Crippen LogP contribution in [0.4, 0.5) is 5.69 Å². The molecule has 1 aromatic rings. The highest BCUT2D eigenvalue weighted by molar-refractivity contribution is 8.00. The molecule has 0 spiro atoms. The van der Waals surface area contributed by atoms with Gasteiger partial charge >= 0.3 is 0 Å². The molecule has 1 heterocycles. The standard InChI is InChI=1S/C16H24N2OS/c1-4-17-14-7-6-12(2)10-13(14)15(19)18-11-16(3)8-5-9-20-16/h6-7,10,17H,4-5,8-9,11H2,1-3H3,(H,18,19). The summed E-state index contributed by atoms with van der Waals surface area (Å²) in [6.45, 7) is 7.86. The fourth-order valence-electron chi connectivity index (χ4n) is 2.53. The van der Waals surface area contributed by atoms with E-state index in [1.807, 2.05) is 43.8 Å². The van der Waals surface area contributed by atoms with E-state index < -0.39 is 0 Å². The summed E-state index contributed by atoms with van der Waals surface area (Å²) < 4.78 is 0.206. The van der Waals surface area contributed by atoms with Crippen LogP contribution in [0.3, 0.4) is 0 Å². The predicted octanol–water partition coefficient (Wildman–Crippen LogP) is 3.44. The highest BCUT2D eigenvalue weighted by Gasteiger charge is 2.30. The zero-order valence-electron chi connectivity index (χ0n) is 12.6. The number of rotatable bonds is 5. The quantitative estimate of drug-likeness (QED) is 0.873. The smallest absolute Gasteiger partial charge is 0.253 e. The number of aryl methyl sites for hydroxylation is 1. The van der Waals surface area contributed by atoms with Gasteiger partial charge in [0.25, 0.3) is 5.91 Å². The maximum atomic E-state index is 12.4. The Labute approximate surface area is 125 Å². The topological polar surface area (TPSA) is 41.1 Å². The van der Waals surface area contributed by atoms with Gasteiger partial charge in [0, 0.05) is 23.5 Å². The lowest BCUT2D eigenvalue weighted by Crippen LogP contribution is -2.37. The Morgan fingerprint density at radius 3 is 2.90 bits per heavy atom. The van der Waals surface area contributed by atoms with Crippen molar-refractivity contribution in [3.63, 3.8) is 0 Å². The van der Waals surface area contributed by atoms with Gasteiger partial charge in [-0.15, -0.1) is 0 Å². The average molecular weight is 292 g/mol. The number of benzene rings is 1. The van der Waals surface area contributed by atoms with Gasteiger partial charge in [-0.3, -0.25) is 4.79 Å². The summed E-state index contributed by atoms with van der Waals surface area (Å²) in [5, 5.41) is 6.36. The Bertz CT molecular complexity index is 481. The van der Waals surface area contributed by atoms with Crippen LogP contribution in [0, 0.1) is 6.92 Å². The van der Waals surface area contributed by atoms with Gasteiger partial charge in [0.1, 0.15) is 0 Å². The second-order valence-electron chi connectivity index (χ2n) is 5.66. The van der Waals surface area contributed by atoms with Crippen molar-refractivity contribution in [3.05, 3.63) is 29.3 Å². The van der Waals surface area contributed by atoms with Gasteiger partial charge in [-0.05, 0) is 51.5 Å². The molecule has 2 rings (SSSR count). The molecule has 110 valence electrons. The number of nitrogens with one attached hydrogen (secondary N) is 2. The van der Waals surface area contributed by atoms with Crippen molar-refractivity contribution in [2.75, 3.05) is 24.2 Å². The van der Waals surface area contributed by atoms with Crippen molar-refractivity contribution in [1.29, 1.82) is 0 Å². The van der Waals surface area contributed by atoms with Crippen molar-refractivity contribution in [2.45, 2.75) is 38.4 Å². The Morgan fingerprint density at radius 1 is 1.45 bits per heavy atom. The van der Waals surface area contributed by atoms with Crippen LogP contribution in [-0.2, 0) is 0 Å². The molecule has 0 aromatic heterocycles. The van der Waals surface area contributed by atoms with Gasteiger partial charge in [-0.2, -0.15) is 11.8 Å². The largest absolute Gasteiger partial charge is 0.385 e. The zero-order chi connectivity index (χ0) is 14.6. The summed E-state index contributed by atoms with van der Waals surface area (Å²) in [6.07, 6.45) is 2.44. The van der Waals surface area contributed by atoms with Crippen LogP contribution in [0.25, 0.3) is 0 Å². The third-order valence-corrected chi connectivity index (χ3v) is 5.25. The number of hydrogen-bond donors (Lipinski definition) is 2. The van der Waals surface area contributed by atoms with E-state index in [4.69, 9.17) is 0 Å². The van der Waals surface area contributed by atoms with Crippen molar-refractivity contribution in [3.8, 4) is 0 Å². The predicted molar refractivity (Wildman–Crippen MR) is 87.8 cm³/mol. The van der Waals surface area contributed by atoms with Gasteiger partial charge in [0.05, 0.1) is 5.56 Å². The second kappa shape index (κ2) is 6.53. The molecular weight excluding hydrogens is 268 g/mol. The first-order chi connectivity index (χ1) is 9.54.